The van der Waals surface area contributed by atoms with Crippen LogP contribution in [0.15, 0.2) is 53.9 Å². The van der Waals surface area contributed by atoms with Gasteiger partial charge in [0.25, 0.3) is 5.91 Å². The van der Waals surface area contributed by atoms with E-state index in [2.05, 4.69) is 26.1 Å². The Balaban J connectivity index is 1.92. The molecular weight excluding hydrogens is 418 g/mol. The largest absolute Gasteiger partial charge is 0.462 e. The van der Waals surface area contributed by atoms with Crippen LogP contribution in [0.2, 0.25) is 5.02 Å². The summed E-state index contributed by atoms with van der Waals surface area (Å²) in [5.41, 5.74) is 3.56. The van der Waals surface area contributed by atoms with E-state index < -0.39 is 5.97 Å². The van der Waals surface area contributed by atoms with Crippen molar-refractivity contribution >= 4 is 39.8 Å². The second-order valence-electron chi connectivity index (χ2n) is 7.86. The molecular formula is C24H24ClNO3S. The summed E-state index contributed by atoms with van der Waals surface area (Å²) in [6, 6.07) is 14.7. The fraction of sp³-hybridized carbons (Fsp3) is 0.250. The molecule has 156 valence electrons. The number of anilines is 1. The first kappa shape index (κ1) is 22.1. The summed E-state index contributed by atoms with van der Waals surface area (Å²) in [4.78, 5) is 25.5. The number of thiophene rings is 1. The lowest BCUT2D eigenvalue weighted by molar-refractivity contribution is 0.0529. The highest BCUT2D eigenvalue weighted by Crippen LogP contribution is 2.37. The highest BCUT2D eigenvalue weighted by molar-refractivity contribution is 7.15. The molecule has 1 heterocycles. The van der Waals surface area contributed by atoms with Crippen molar-refractivity contribution in [3.63, 3.8) is 0 Å². The molecule has 0 unspecified atom stereocenters. The Morgan fingerprint density at radius 3 is 2.23 bits per heavy atom. The molecule has 1 aromatic heterocycles. The van der Waals surface area contributed by atoms with Crippen LogP contribution in [0.1, 0.15) is 54.0 Å². The predicted molar refractivity (Wildman–Crippen MR) is 124 cm³/mol. The highest BCUT2D eigenvalue weighted by atomic mass is 35.5. The van der Waals surface area contributed by atoms with Crippen molar-refractivity contribution in [3.05, 3.63) is 75.6 Å². The minimum atomic E-state index is -0.470. The number of rotatable bonds is 5. The molecule has 6 heteroatoms. The second-order valence-corrected chi connectivity index (χ2v) is 9.18. The molecule has 0 aliphatic carbocycles. The normalized spacial score (nSPS) is 11.2. The quantitative estimate of drug-likeness (QED) is 0.443. The van der Waals surface area contributed by atoms with Crippen molar-refractivity contribution in [2.24, 2.45) is 0 Å². The van der Waals surface area contributed by atoms with E-state index in [0.29, 0.717) is 26.7 Å². The maximum absolute atomic E-state index is 12.8. The second kappa shape index (κ2) is 9.02. The van der Waals surface area contributed by atoms with Gasteiger partial charge in [0.2, 0.25) is 0 Å². The summed E-state index contributed by atoms with van der Waals surface area (Å²) in [7, 11) is 0. The van der Waals surface area contributed by atoms with E-state index in [4.69, 9.17) is 16.3 Å². The summed E-state index contributed by atoms with van der Waals surface area (Å²) in [5, 5.41) is 5.79. The molecule has 0 radical (unpaired) electrons. The molecule has 0 atom stereocenters. The van der Waals surface area contributed by atoms with Crippen LogP contribution < -0.4 is 5.32 Å². The van der Waals surface area contributed by atoms with Gasteiger partial charge in [-0.2, -0.15) is 0 Å². The molecule has 0 fully saturated rings. The average Bonchev–Trinajstić information content (AvgIpc) is 3.11. The van der Waals surface area contributed by atoms with Crippen molar-refractivity contribution in [3.8, 4) is 11.1 Å². The zero-order chi connectivity index (χ0) is 21.9. The Bertz CT molecular complexity index is 1050. The Hall–Kier alpha value is -2.63. The fourth-order valence-corrected chi connectivity index (χ4v) is 4.07. The number of halogens is 1. The number of carbonyl (C=O) groups is 2. The van der Waals surface area contributed by atoms with Crippen LogP contribution in [-0.4, -0.2) is 18.5 Å². The van der Waals surface area contributed by atoms with Crippen molar-refractivity contribution in [1.82, 2.24) is 0 Å². The van der Waals surface area contributed by atoms with Gasteiger partial charge < -0.3 is 10.1 Å². The molecule has 0 spiro atoms. The zero-order valence-electron chi connectivity index (χ0n) is 17.4. The van der Waals surface area contributed by atoms with Crippen LogP contribution in [0.4, 0.5) is 5.00 Å². The number of hydrogen-bond donors (Lipinski definition) is 1. The van der Waals surface area contributed by atoms with Gasteiger partial charge in [-0.25, -0.2) is 4.79 Å². The fourth-order valence-electron chi connectivity index (χ4n) is 2.99. The summed E-state index contributed by atoms with van der Waals surface area (Å²) in [5.74, 6) is -0.743. The molecule has 0 bridgehead atoms. The maximum Gasteiger partial charge on any atom is 0.341 e. The maximum atomic E-state index is 12.8. The molecule has 3 rings (SSSR count). The van der Waals surface area contributed by atoms with Crippen LogP contribution in [0.25, 0.3) is 11.1 Å². The lowest BCUT2D eigenvalue weighted by Crippen LogP contribution is -2.16. The van der Waals surface area contributed by atoms with Crippen molar-refractivity contribution in [1.29, 1.82) is 0 Å². The average molecular weight is 442 g/mol. The third kappa shape index (κ3) is 4.91. The SMILES string of the molecule is CCOC(=O)c1c(-c2ccc(Cl)cc2)csc1NC(=O)c1ccc(C(C)(C)C)cc1. The van der Waals surface area contributed by atoms with Gasteiger partial charge in [-0.15, -0.1) is 11.3 Å². The van der Waals surface area contributed by atoms with Gasteiger partial charge in [0.1, 0.15) is 10.6 Å². The number of hydrogen-bond acceptors (Lipinski definition) is 4. The van der Waals surface area contributed by atoms with E-state index in [1.54, 1.807) is 31.2 Å². The van der Waals surface area contributed by atoms with Gasteiger partial charge in [-0.3, -0.25) is 4.79 Å². The number of carbonyl (C=O) groups excluding carboxylic acids is 2. The van der Waals surface area contributed by atoms with Crippen LogP contribution in [0, 0.1) is 0 Å². The summed E-state index contributed by atoms with van der Waals surface area (Å²) < 4.78 is 5.24. The van der Waals surface area contributed by atoms with E-state index >= 15 is 0 Å². The molecule has 0 aliphatic rings. The minimum Gasteiger partial charge on any atom is -0.462 e. The lowest BCUT2D eigenvalue weighted by atomic mass is 9.87. The van der Waals surface area contributed by atoms with E-state index in [1.165, 1.54) is 11.3 Å². The van der Waals surface area contributed by atoms with Gasteiger partial charge in [-0.05, 0) is 47.7 Å². The summed E-state index contributed by atoms with van der Waals surface area (Å²) in [6.45, 7) is 8.37. The van der Waals surface area contributed by atoms with Gasteiger partial charge in [-0.1, -0.05) is 56.6 Å². The van der Waals surface area contributed by atoms with Gasteiger partial charge in [0.15, 0.2) is 0 Å². The predicted octanol–water partition coefficient (Wildman–Crippen LogP) is 6.80. The zero-order valence-corrected chi connectivity index (χ0v) is 19.0. The van der Waals surface area contributed by atoms with Crippen LogP contribution in [-0.2, 0) is 10.2 Å². The number of nitrogens with one attached hydrogen (secondary N) is 1. The molecule has 0 aliphatic heterocycles. The van der Waals surface area contributed by atoms with Crippen LogP contribution >= 0.6 is 22.9 Å². The Kier molecular flexibility index (Phi) is 6.64. The number of amides is 1. The van der Waals surface area contributed by atoms with Crippen molar-refractivity contribution in [2.75, 3.05) is 11.9 Å². The van der Waals surface area contributed by atoms with Crippen LogP contribution in [0.3, 0.4) is 0 Å². The first-order valence-electron chi connectivity index (χ1n) is 9.67. The van der Waals surface area contributed by atoms with Gasteiger partial charge >= 0.3 is 5.97 Å². The molecule has 0 saturated heterocycles. The smallest absolute Gasteiger partial charge is 0.341 e. The number of ether oxygens (including phenoxy) is 1. The molecule has 30 heavy (non-hydrogen) atoms. The molecule has 3 aromatic rings. The monoisotopic (exact) mass is 441 g/mol. The van der Waals surface area contributed by atoms with E-state index in [9.17, 15) is 9.59 Å². The molecule has 1 amide bonds. The van der Waals surface area contributed by atoms with Crippen LogP contribution in [0.5, 0.6) is 0 Å². The highest BCUT2D eigenvalue weighted by Gasteiger charge is 2.23. The Labute approximate surface area is 185 Å². The Morgan fingerprint density at radius 2 is 1.67 bits per heavy atom. The molecule has 1 N–H and O–H groups in total. The molecule has 2 aromatic carbocycles. The van der Waals surface area contributed by atoms with Crippen molar-refractivity contribution < 1.29 is 14.3 Å². The topological polar surface area (TPSA) is 55.4 Å². The van der Waals surface area contributed by atoms with E-state index in [-0.39, 0.29) is 17.9 Å². The minimum absolute atomic E-state index is 0.00726. The number of esters is 1. The summed E-state index contributed by atoms with van der Waals surface area (Å²) in [6.07, 6.45) is 0. The Morgan fingerprint density at radius 1 is 1.03 bits per heavy atom. The first-order chi connectivity index (χ1) is 14.2. The van der Waals surface area contributed by atoms with Gasteiger partial charge in [0, 0.05) is 21.5 Å². The van der Waals surface area contributed by atoms with Crippen molar-refractivity contribution in [2.45, 2.75) is 33.1 Å². The third-order valence-electron chi connectivity index (χ3n) is 4.67. The van der Waals surface area contributed by atoms with E-state index in [1.807, 2.05) is 29.6 Å². The standard InChI is InChI=1S/C24H24ClNO3S/c1-5-29-23(28)20-19(15-8-12-18(25)13-9-15)14-30-22(20)26-21(27)16-6-10-17(11-7-16)24(2,3)4/h6-14H,5H2,1-4H3,(H,26,27). The molecule has 0 saturated carbocycles. The third-order valence-corrected chi connectivity index (χ3v) is 5.81. The first-order valence-corrected chi connectivity index (χ1v) is 10.9. The molecule has 4 nitrogen and oxygen atoms in total. The van der Waals surface area contributed by atoms with Gasteiger partial charge in [0.05, 0.1) is 6.61 Å². The summed E-state index contributed by atoms with van der Waals surface area (Å²) >= 11 is 7.28. The lowest BCUT2D eigenvalue weighted by Gasteiger charge is -2.19. The number of benzene rings is 2. The van der Waals surface area contributed by atoms with E-state index in [0.717, 1.165) is 11.1 Å².